The molecule has 1 aromatic heterocycles. The molecule has 6 nitrogen and oxygen atoms in total. The molecule has 2 N–H and O–H groups in total. The number of hydrogen-bond acceptors (Lipinski definition) is 3. The van der Waals surface area contributed by atoms with Gasteiger partial charge in [-0.2, -0.15) is 10.4 Å². The van der Waals surface area contributed by atoms with Crippen molar-refractivity contribution in [2.24, 2.45) is 0 Å². The summed E-state index contributed by atoms with van der Waals surface area (Å²) in [6.45, 7) is 1.56. The van der Waals surface area contributed by atoms with Gasteiger partial charge >= 0.3 is 6.03 Å². The molecule has 78 valence electrons. The number of urea groups is 1. The van der Waals surface area contributed by atoms with Crippen molar-refractivity contribution < 1.29 is 4.79 Å². The number of nitriles is 1. The van der Waals surface area contributed by atoms with Crippen LogP contribution in [0.15, 0.2) is 6.20 Å². The minimum absolute atomic E-state index is 0.173. The minimum Gasteiger partial charge on any atom is -0.324 e. The van der Waals surface area contributed by atoms with Gasteiger partial charge in [-0.15, -0.1) is 0 Å². The number of likely N-dealkylation sites (tertiary alicyclic amines) is 1. The van der Waals surface area contributed by atoms with Crippen LogP contribution in [-0.2, 0) is 0 Å². The molecule has 0 spiro atoms. The SMILES string of the molecule is N#Cc1cn[nH]c1NC(=O)N1CCCC1. The van der Waals surface area contributed by atoms with E-state index >= 15 is 0 Å². The molecule has 6 heteroatoms. The lowest BCUT2D eigenvalue weighted by molar-refractivity contribution is 0.222. The van der Waals surface area contributed by atoms with Crippen LogP contribution in [0.25, 0.3) is 0 Å². The van der Waals surface area contributed by atoms with Crippen LogP contribution in [0.5, 0.6) is 0 Å². The molecular formula is C9H11N5O. The van der Waals surface area contributed by atoms with Crippen LogP contribution in [0.3, 0.4) is 0 Å². The number of H-pyrrole nitrogens is 1. The van der Waals surface area contributed by atoms with Crippen LogP contribution < -0.4 is 5.32 Å². The summed E-state index contributed by atoms with van der Waals surface area (Å²) >= 11 is 0. The minimum atomic E-state index is -0.173. The first-order chi connectivity index (χ1) is 7.31. The molecule has 1 aromatic rings. The van der Waals surface area contributed by atoms with Crippen LogP contribution in [0, 0.1) is 11.3 Å². The maximum absolute atomic E-state index is 11.6. The third kappa shape index (κ3) is 1.91. The number of nitrogens with one attached hydrogen (secondary N) is 2. The van der Waals surface area contributed by atoms with Gasteiger partial charge in [0.05, 0.1) is 6.20 Å². The summed E-state index contributed by atoms with van der Waals surface area (Å²) in [4.78, 5) is 13.4. The lowest BCUT2D eigenvalue weighted by Gasteiger charge is -2.15. The predicted molar refractivity (Wildman–Crippen MR) is 53.1 cm³/mol. The number of anilines is 1. The average molecular weight is 205 g/mol. The fourth-order valence-electron chi connectivity index (χ4n) is 1.57. The summed E-state index contributed by atoms with van der Waals surface area (Å²) in [6, 6.07) is 1.77. The van der Waals surface area contributed by atoms with Gasteiger partial charge in [0.1, 0.15) is 17.5 Å². The summed E-state index contributed by atoms with van der Waals surface area (Å²) in [7, 11) is 0. The summed E-state index contributed by atoms with van der Waals surface area (Å²) < 4.78 is 0. The molecule has 15 heavy (non-hydrogen) atoms. The molecule has 1 aliphatic rings. The Kier molecular flexibility index (Phi) is 2.54. The van der Waals surface area contributed by atoms with Crippen molar-refractivity contribution in [3.05, 3.63) is 11.8 Å². The number of amides is 2. The monoisotopic (exact) mass is 205 g/mol. The van der Waals surface area contributed by atoms with Gasteiger partial charge in [-0.3, -0.25) is 10.4 Å². The van der Waals surface area contributed by atoms with Crippen LogP contribution in [0.1, 0.15) is 18.4 Å². The van der Waals surface area contributed by atoms with E-state index in [9.17, 15) is 4.79 Å². The van der Waals surface area contributed by atoms with Gasteiger partial charge in [0.25, 0.3) is 0 Å². The predicted octanol–water partition coefficient (Wildman–Crippen LogP) is 0.909. The molecule has 1 fully saturated rings. The first-order valence-electron chi connectivity index (χ1n) is 4.80. The van der Waals surface area contributed by atoms with E-state index in [2.05, 4.69) is 15.5 Å². The molecule has 0 atom stereocenters. The van der Waals surface area contributed by atoms with Crippen molar-refractivity contribution in [1.29, 1.82) is 5.26 Å². The van der Waals surface area contributed by atoms with Crippen LogP contribution in [0.4, 0.5) is 10.6 Å². The van der Waals surface area contributed by atoms with Crippen molar-refractivity contribution >= 4 is 11.8 Å². The Balaban J connectivity index is 2.02. The second-order valence-electron chi connectivity index (χ2n) is 3.39. The number of nitrogens with zero attached hydrogens (tertiary/aromatic N) is 3. The zero-order valence-corrected chi connectivity index (χ0v) is 8.16. The smallest absolute Gasteiger partial charge is 0.323 e. The Morgan fingerprint density at radius 2 is 2.33 bits per heavy atom. The van der Waals surface area contributed by atoms with E-state index in [4.69, 9.17) is 5.26 Å². The highest BCUT2D eigenvalue weighted by Crippen LogP contribution is 2.12. The molecular weight excluding hydrogens is 194 g/mol. The van der Waals surface area contributed by atoms with Crippen LogP contribution >= 0.6 is 0 Å². The number of carbonyl (C=O) groups excluding carboxylic acids is 1. The number of aromatic nitrogens is 2. The van der Waals surface area contributed by atoms with Crippen molar-refractivity contribution in [2.45, 2.75) is 12.8 Å². The lowest BCUT2D eigenvalue weighted by Crippen LogP contribution is -2.32. The molecule has 2 amide bonds. The van der Waals surface area contributed by atoms with Crippen LogP contribution in [-0.4, -0.2) is 34.2 Å². The number of rotatable bonds is 1. The summed E-state index contributed by atoms with van der Waals surface area (Å²) in [6.07, 6.45) is 3.47. The van der Waals surface area contributed by atoms with Gasteiger partial charge in [-0.25, -0.2) is 4.79 Å². The van der Waals surface area contributed by atoms with E-state index in [-0.39, 0.29) is 6.03 Å². The molecule has 0 unspecified atom stereocenters. The highest BCUT2D eigenvalue weighted by atomic mass is 16.2. The van der Waals surface area contributed by atoms with Crippen molar-refractivity contribution in [3.63, 3.8) is 0 Å². The van der Waals surface area contributed by atoms with Crippen molar-refractivity contribution in [1.82, 2.24) is 15.1 Å². The van der Waals surface area contributed by atoms with E-state index in [0.29, 0.717) is 11.4 Å². The quantitative estimate of drug-likeness (QED) is 0.714. The lowest BCUT2D eigenvalue weighted by atomic mass is 10.4. The zero-order chi connectivity index (χ0) is 10.7. The zero-order valence-electron chi connectivity index (χ0n) is 8.16. The Morgan fingerprint density at radius 3 is 3.00 bits per heavy atom. The molecule has 0 aliphatic carbocycles. The highest BCUT2D eigenvalue weighted by molar-refractivity contribution is 5.89. The molecule has 0 saturated carbocycles. The molecule has 0 bridgehead atoms. The molecule has 0 radical (unpaired) electrons. The number of carbonyl (C=O) groups is 1. The van der Waals surface area contributed by atoms with Gasteiger partial charge in [-0.1, -0.05) is 0 Å². The van der Waals surface area contributed by atoms with Gasteiger partial charge < -0.3 is 4.90 Å². The van der Waals surface area contributed by atoms with E-state index in [1.165, 1.54) is 6.20 Å². The second-order valence-corrected chi connectivity index (χ2v) is 3.39. The van der Waals surface area contributed by atoms with E-state index < -0.39 is 0 Å². The standard InChI is InChI=1S/C9H11N5O/c10-5-7-6-11-13-8(7)12-9(15)14-3-1-2-4-14/h6H,1-4H2,(H2,11,12,13,15). The van der Waals surface area contributed by atoms with Crippen molar-refractivity contribution in [2.75, 3.05) is 18.4 Å². The van der Waals surface area contributed by atoms with E-state index in [1.807, 2.05) is 6.07 Å². The first kappa shape index (κ1) is 9.52. The maximum Gasteiger partial charge on any atom is 0.323 e. The Hall–Kier alpha value is -2.03. The largest absolute Gasteiger partial charge is 0.324 e. The van der Waals surface area contributed by atoms with Gasteiger partial charge in [-0.05, 0) is 12.8 Å². The van der Waals surface area contributed by atoms with E-state index in [1.54, 1.807) is 4.90 Å². The molecule has 2 heterocycles. The Morgan fingerprint density at radius 1 is 1.60 bits per heavy atom. The molecule has 1 saturated heterocycles. The summed E-state index contributed by atoms with van der Waals surface area (Å²) in [5.74, 6) is 0.370. The third-order valence-electron chi connectivity index (χ3n) is 2.38. The molecule has 1 aliphatic heterocycles. The van der Waals surface area contributed by atoms with Crippen molar-refractivity contribution in [3.8, 4) is 6.07 Å². The molecule has 2 rings (SSSR count). The first-order valence-corrected chi connectivity index (χ1v) is 4.80. The highest BCUT2D eigenvalue weighted by Gasteiger charge is 2.19. The van der Waals surface area contributed by atoms with Crippen LogP contribution in [0.2, 0.25) is 0 Å². The topological polar surface area (TPSA) is 84.8 Å². The average Bonchev–Trinajstić information content (AvgIpc) is 2.87. The fourth-order valence-corrected chi connectivity index (χ4v) is 1.57. The maximum atomic E-state index is 11.6. The van der Waals surface area contributed by atoms with Gasteiger partial charge in [0.15, 0.2) is 0 Å². The Labute approximate surface area is 86.9 Å². The third-order valence-corrected chi connectivity index (χ3v) is 2.38. The van der Waals surface area contributed by atoms with Gasteiger partial charge in [0.2, 0.25) is 0 Å². The summed E-state index contributed by atoms with van der Waals surface area (Å²) in [5.41, 5.74) is 0.350. The fraction of sp³-hybridized carbons (Fsp3) is 0.444. The Bertz CT molecular complexity index is 399. The van der Waals surface area contributed by atoms with E-state index in [0.717, 1.165) is 25.9 Å². The summed E-state index contributed by atoms with van der Waals surface area (Å²) in [5, 5.41) is 17.6. The van der Waals surface area contributed by atoms with Gasteiger partial charge in [0, 0.05) is 13.1 Å². The molecule has 0 aromatic carbocycles. The normalized spacial score (nSPS) is 15.0. The second kappa shape index (κ2) is 4.00. The number of aromatic amines is 1. The number of hydrogen-bond donors (Lipinski definition) is 2.